The normalized spacial score (nSPS) is 28.5. The summed E-state index contributed by atoms with van der Waals surface area (Å²) >= 11 is 0. The van der Waals surface area contributed by atoms with Crippen LogP contribution < -0.4 is 5.32 Å². The summed E-state index contributed by atoms with van der Waals surface area (Å²) in [5.74, 6) is -0.855. The molecule has 4 heteroatoms. The zero-order valence-corrected chi connectivity index (χ0v) is 6.54. The smallest absolute Gasteiger partial charge is 0.308 e. The van der Waals surface area contributed by atoms with E-state index in [1.807, 2.05) is 0 Å². The third-order valence-corrected chi connectivity index (χ3v) is 1.82. The van der Waals surface area contributed by atoms with Gasteiger partial charge in [-0.05, 0) is 6.42 Å². The van der Waals surface area contributed by atoms with Crippen molar-refractivity contribution < 1.29 is 14.6 Å². The molecule has 0 spiro atoms. The van der Waals surface area contributed by atoms with E-state index < -0.39 is 5.97 Å². The van der Waals surface area contributed by atoms with Gasteiger partial charge in [0.05, 0.1) is 12.5 Å². The first-order chi connectivity index (χ1) is 5.25. The number of carboxylic acids is 1. The number of ether oxygens (including phenoxy) is 1. The Morgan fingerprint density at radius 1 is 1.82 bits per heavy atom. The zero-order valence-electron chi connectivity index (χ0n) is 6.54. The molecule has 64 valence electrons. The number of hydrogen-bond acceptors (Lipinski definition) is 3. The lowest BCUT2D eigenvalue weighted by Gasteiger charge is -2.00. The Bertz CT molecular complexity index is 149. The lowest BCUT2D eigenvalue weighted by Crippen LogP contribution is -2.24. The van der Waals surface area contributed by atoms with Gasteiger partial charge in [-0.25, -0.2) is 0 Å². The second kappa shape index (κ2) is 3.69. The van der Waals surface area contributed by atoms with E-state index in [4.69, 9.17) is 9.84 Å². The van der Waals surface area contributed by atoms with Crippen molar-refractivity contribution in [1.29, 1.82) is 0 Å². The van der Waals surface area contributed by atoms with E-state index in [1.54, 1.807) is 7.11 Å². The first-order valence-corrected chi connectivity index (χ1v) is 3.71. The van der Waals surface area contributed by atoms with Crippen molar-refractivity contribution in [2.45, 2.75) is 12.5 Å². The summed E-state index contributed by atoms with van der Waals surface area (Å²) < 4.78 is 4.81. The van der Waals surface area contributed by atoms with Crippen LogP contribution in [0.4, 0.5) is 0 Å². The molecule has 0 amide bonds. The highest BCUT2D eigenvalue weighted by Crippen LogP contribution is 2.29. The molecule has 4 nitrogen and oxygen atoms in total. The van der Waals surface area contributed by atoms with Gasteiger partial charge >= 0.3 is 5.97 Å². The van der Waals surface area contributed by atoms with Crippen molar-refractivity contribution in [1.82, 2.24) is 5.32 Å². The first-order valence-electron chi connectivity index (χ1n) is 3.71. The van der Waals surface area contributed by atoms with Crippen LogP contribution in [0.1, 0.15) is 6.42 Å². The van der Waals surface area contributed by atoms with Gasteiger partial charge in [-0.2, -0.15) is 0 Å². The largest absolute Gasteiger partial charge is 0.481 e. The van der Waals surface area contributed by atoms with Gasteiger partial charge in [0.15, 0.2) is 0 Å². The van der Waals surface area contributed by atoms with Gasteiger partial charge in [-0.3, -0.25) is 4.79 Å². The van der Waals surface area contributed by atoms with Crippen molar-refractivity contribution >= 4 is 5.97 Å². The minimum Gasteiger partial charge on any atom is -0.481 e. The number of aliphatic carboxylic acids is 1. The standard InChI is InChI=1S/C7H13NO3/c1-11-3-2-8-6-4-5(6)7(9)10/h5-6,8H,2-4H2,1H3,(H,9,10). The van der Waals surface area contributed by atoms with Crippen LogP contribution in [0.2, 0.25) is 0 Å². The van der Waals surface area contributed by atoms with Gasteiger partial charge in [0.1, 0.15) is 0 Å². The minimum atomic E-state index is -0.695. The second-order valence-corrected chi connectivity index (χ2v) is 2.73. The summed E-state index contributed by atoms with van der Waals surface area (Å²) in [6.07, 6.45) is 0.763. The van der Waals surface area contributed by atoms with Crippen molar-refractivity contribution in [3.8, 4) is 0 Å². The van der Waals surface area contributed by atoms with E-state index in [1.165, 1.54) is 0 Å². The predicted octanol–water partition coefficient (Wildman–Crippen LogP) is -0.305. The van der Waals surface area contributed by atoms with Crippen molar-refractivity contribution in [2.75, 3.05) is 20.3 Å². The summed E-state index contributed by atoms with van der Waals surface area (Å²) in [7, 11) is 1.63. The van der Waals surface area contributed by atoms with Gasteiger partial charge in [0.25, 0.3) is 0 Å². The second-order valence-electron chi connectivity index (χ2n) is 2.73. The molecule has 0 bridgehead atoms. The third kappa shape index (κ3) is 2.48. The fraction of sp³-hybridized carbons (Fsp3) is 0.857. The van der Waals surface area contributed by atoms with Crippen molar-refractivity contribution in [3.05, 3.63) is 0 Å². The van der Waals surface area contributed by atoms with Crippen LogP contribution >= 0.6 is 0 Å². The van der Waals surface area contributed by atoms with Crippen molar-refractivity contribution in [3.63, 3.8) is 0 Å². The van der Waals surface area contributed by atoms with Gasteiger partial charge < -0.3 is 15.2 Å². The van der Waals surface area contributed by atoms with E-state index >= 15 is 0 Å². The highest BCUT2D eigenvalue weighted by molar-refractivity contribution is 5.74. The third-order valence-electron chi connectivity index (χ3n) is 1.82. The number of carbonyl (C=O) groups is 1. The Morgan fingerprint density at radius 2 is 2.55 bits per heavy atom. The van der Waals surface area contributed by atoms with Gasteiger partial charge in [-0.15, -0.1) is 0 Å². The Morgan fingerprint density at radius 3 is 3.00 bits per heavy atom. The molecule has 1 aliphatic rings. The lowest BCUT2D eigenvalue weighted by molar-refractivity contribution is -0.138. The molecule has 1 aliphatic carbocycles. The molecule has 0 aromatic carbocycles. The molecule has 0 aromatic heterocycles. The molecule has 1 rings (SSSR count). The molecule has 0 radical (unpaired) electrons. The van der Waals surface area contributed by atoms with Gasteiger partial charge in [-0.1, -0.05) is 0 Å². The summed E-state index contributed by atoms with van der Waals surface area (Å²) in [5, 5.41) is 11.6. The average Bonchev–Trinajstić information content (AvgIpc) is 2.68. The fourth-order valence-corrected chi connectivity index (χ4v) is 1.04. The van der Waals surface area contributed by atoms with Crippen LogP contribution in [-0.2, 0) is 9.53 Å². The molecule has 1 fully saturated rings. The Labute approximate surface area is 65.5 Å². The molecule has 0 saturated heterocycles. The maximum Gasteiger partial charge on any atom is 0.308 e. The topological polar surface area (TPSA) is 58.6 Å². The fourth-order valence-electron chi connectivity index (χ4n) is 1.04. The zero-order chi connectivity index (χ0) is 8.27. The SMILES string of the molecule is COCCNC1CC1C(=O)O. The Kier molecular flexibility index (Phi) is 2.84. The number of nitrogens with one attached hydrogen (secondary N) is 1. The average molecular weight is 159 g/mol. The summed E-state index contributed by atoms with van der Waals surface area (Å²) in [6, 6.07) is 0.183. The first kappa shape index (κ1) is 8.49. The highest BCUT2D eigenvalue weighted by atomic mass is 16.5. The maximum atomic E-state index is 10.3. The number of methoxy groups -OCH3 is 1. The highest BCUT2D eigenvalue weighted by Gasteiger charge is 2.42. The van der Waals surface area contributed by atoms with Gasteiger partial charge in [0, 0.05) is 19.7 Å². The van der Waals surface area contributed by atoms with Crippen molar-refractivity contribution in [2.24, 2.45) is 5.92 Å². The summed E-state index contributed by atoms with van der Waals surface area (Å²) in [4.78, 5) is 10.3. The maximum absolute atomic E-state index is 10.3. The number of carboxylic acid groups (broad SMARTS) is 1. The molecule has 0 aromatic rings. The van der Waals surface area contributed by atoms with E-state index in [9.17, 15) is 4.79 Å². The molecule has 2 atom stereocenters. The molecule has 1 saturated carbocycles. The van der Waals surface area contributed by atoms with Gasteiger partial charge in [0.2, 0.25) is 0 Å². The summed E-state index contributed by atoms with van der Waals surface area (Å²) in [6.45, 7) is 1.38. The Hall–Kier alpha value is -0.610. The van der Waals surface area contributed by atoms with Crippen LogP contribution in [0, 0.1) is 5.92 Å². The number of rotatable bonds is 5. The lowest BCUT2D eigenvalue weighted by atomic mass is 10.4. The quantitative estimate of drug-likeness (QED) is 0.540. The van der Waals surface area contributed by atoms with E-state index in [2.05, 4.69) is 5.32 Å². The van der Waals surface area contributed by atoms with E-state index in [0.29, 0.717) is 6.61 Å². The molecular weight excluding hydrogens is 146 g/mol. The molecule has 11 heavy (non-hydrogen) atoms. The predicted molar refractivity (Wildman–Crippen MR) is 39.4 cm³/mol. The van der Waals surface area contributed by atoms with Crippen LogP contribution in [0.5, 0.6) is 0 Å². The molecule has 2 unspecified atom stereocenters. The minimum absolute atomic E-state index is 0.160. The van der Waals surface area contributed by atoms with Crippen LogP contribution in [0.15, 0.2) is 0 Å². The molecule has 0 aliphatic heterocycles. The van der Waals surface area contributed by atoms with E-state index in [0.717, 1.165) is 13.0 Å². The van der Waals surface area contributed by atoms with Crippen LogP contribution in [-0.4, -0.2) is 37.4 Å². The molecule has 2 N–H and O–H groups in total. The van der Waals surface area contributed by atoms with E-state index in [-0.39, 0.29) is 12.0 Å². The Balaban J connectivity index is 2.00. The monoisotopic (exact) mass is 159 g/mol. The van der Waals surface area contributed by atoms with Crippen LogP contribution in [0.25, 0.3) is 0 Å². The summed E-state index contributed by atoms with van der Waals surface area (Å²) in [5.41, 5.74) is 0. The van der Waals surface area contributed by atoms with Crippen LogP contribution in [0.3, 0.4) is 0 Å². The number of hydrogen-bond donors (Lipinski definition) is 2. The molecular formula is C7H13NO3. The molecule has 0 heterocycles.